The predicted octanol–water partition coefficient (Wildman–Crippen LogP) is 1.94. The number of aliphatic hydroxyl groups is 1. The van der Waals surface area contributed by atoms with Gasteiger partial charge in [-0.05, 0) is 56.8 Å². The first-order valence-electron chi connectivity index (χ1n) is 7.24. The van der Waals surface area contributed by atoms with Gasteiger partial charge in [-0.2, -0.15) is 0 Å². The predicted molar refractivity (Wildman–Crippen MR) is 80.8 cm³/mol. The molecule has 2 atom stereocenters. The average molecular weight is 276 g/mol. The van der Waals surface area contributed by atoms with Crippen LogP contribution in [0.5, 0.6) is 0 Å². The molecule has 0 saturated carbocycles. The number of amides is 1. The monoisotopic (exact) mass is 276 g/mol. The molecule has 2 rings (SSSR count). The Hall–Kier alpha value is -1.39. The summed E-state index contributed by atoms with van der Waals surface area (Å²) in [6.45, 7) is 7.84. The number of hydrogen-bond acceptors (Lipinski definition) is 3. The van der Waals surface area contributed by atoms with Crippen molar-refractivity contribution in [1.29, 1.82) is 0 Å². The van der Waals surface area contributed by atoms with Crippen LogP contribution in [-0.4, -0.2) is 41.7 Å². The highest BCUT2D eigenvalue weighted by atomic mass is 16.3. The van der Waals surface area contributed by atoms with Crippen molar-refractivity contribution < 1.29 is 9.90 Å². The number of anilines is 1. The Morgan fingerprint density at radius 3 is 2.90 bits per heavy atom. The minimum atomic E-state index is -0.161. The molecule has 0 aliphatic carbocycles. The summed E-state index contributed by atoms with van der Waals surface area (Å²) < 4.78 is 0. The Bertz CT molecular complexity index is 487. The first-order chi connectivity index (χ1) is 9.51. The fourth-order valence-corrected chi connectivity index (χ4v) is 2.64. The number of benzene rings is 1. The van der Waals surface area contributed by atoms with E-state index in [4.69, 9.17) is 0 Å². The van der Waals surface area contributed by atoms with Crippen molar-refractivity contribution in [3.8, 4) is 0 Å². The van der Waals surface area contributed by atoms with Gasteiger partial charge in [0.2, 0.25) is 5.91 Å². The minimum absolute atomic E-state index is 0.0253. The SMILES string of the molecule is Cc1ccc(C)c(NC(=O)C(C)N2CCC(CO)C2)c1. The van der Waals surface area contributed by atoms with Crippen LogP contribution in [0.1, 0.15) is 24.5 Å². The van der Waals surface area contributed by atoms with E-state index in [0.717, 1.165) is 36.3 Å². The fraction of sp³-hybridized carbons (Fsp3) is 0.562. The highest BCUT2D eigenvalue weighted by Gasteiger charge is 2.29. The van der Waals surface area contributed by atoms with Crippen molar-refractivity contribution in [3.05, 3.63) is 29.3 Å². The zero-order chi connectivity index (χ0) is 14.7. The Morgan fingerprint density at radius 2 is 2.25 bits per heavy atom. The Kier molecular flexibility index (Phi) is 4.78. The third-order valence-electron chi connectivity index (χ3n) is 4.15. The third kappa shape index (κ3) is 3.38. The van der Waals surface area contributed by atoms with E-state index in [1.807, 2.05) is 39.0 Å². The molecule has 4 heteroatoms. The molecule has 1 fully saturated rings. The van der Waals surface area contributed by atoms with Gasteiger partial charge in [-0.3, -0.25) is 9.69 Å². The number of aryl methyl sites for hydroxylation is 2. The summed E-state index contributed by atoms with van der Waals surface area (Å²) in [6, 6.07) is 5.90. The molecule has 4 nitrogen and oxygen atoms in total. The molecule has 1 saturated heterocycles. The van der Waals surface area contributed by atoms with Crippen LogP contribution in [-0.2, 0) is 4.79 Å². The number of carbonyl (C=O) groups excluding carboxylic acids is 1. The lowest BCUT2D eigenvalue weighted by Crippen LogP contribution is -2.41. The lowest BCUT2D eigenvalue weighted by Gasteiger charge is -2.23. The average Bonchev–Trinajstić information content (AvgIpc) is 2.90. The third-order valence-corrected chi connectivity index (χ3v) is 4.15. The summed E-state index contributed by atoms with van der Waals surface area (Å²) in [5.41, 5.74) is 3.10. The van der Waals surface area contributed by atoms with E-state index in [-0.39, 0.29) is 18.6 Å². The number of hydrogen-bond donors (Lipinski definition) is 2. The van der Waals surface area contributed by atoms with Crippen LogP contribution in [0.15, 0.2) is 18.2 Å². The van der Waals surface area contributed by atoms with Crippen molar-refractivity contribution >= 4 is 11.6 Å². The molecule has 1 aliphatic heterocycles. The van der Waals surface area contributed by atoms with E-state index in [9.17, 15) is 9.90 Å². The largest absolute Gasteiger partial charge is 0.396 e. The van der Waals surface area contributed by atoms with Gasteiger partial charge in [0.15, 0.2) is 0 Å². The number of aliphatic hydroxyl groups excluding tert-OH is 1. The Morgan fingerprint density at radius 1 is 1.50 bits per heavy atom. The van der Waals surface area contributed by atoms with E-state index in [2.05, 4.69) is 10.2 Å². The molecule has 1 aliphatic rings. The molecule has 0 bridgehead atoms. The summed E-state index contributed by atoms with van der Waals surface area (Å²) >= 11 is 0. The van der Waals surface area contributed by atoms with Crippen LogP contribution in [0.2, 0.25) is 0 Å². The number of likely N-dealkylation sites (tertiary alicyclic amines) is 1. The fourth-order valence-electron chi connectivity index (χ4n) is 2.64. The second-order valence-electron chi connectivity index (χ2n) is 5.82. The zero-order valence-electron chi connectivity index (χ0n) is 12.5. The van der Waals surface area contributed by atoms with E-state index >= 15 is 0 Å². The van der Waals surface area contributed by atoms with Gasteiger partial charge in [0.1, 0.15) is 0 Å². The van der Waals surface area contributed by atoms with Gasteiger partial charge >= 0.3 is 0 Å². The molecule has 0 aromatic heterocycles. The normalized spacial score (nSPS) is 20.9. The summed E-state index contributed by atoms with van der Waals surface area (Å²) in [5.74, 6) is 0.336. The number of carbonyl (C=O) groups is 1. The molecule has 1 amide bonds. The summed E-state index contributed by atoms with van der Waals surface area (Å²) in [4.78, 5) is 14.5. The van der Waals surface area contributed by atoms with Crippen molar-refractivity contribution in [3.63, 3.8) is 0 Å². The van der Waals surface area contributed by atoms with E-state index in [0.29, 0.717) is 5.92 Å². The molecule has 20 heavy (non-hydrogen) atoms. The van der Waals surface area contributed by atoms with Crippen molar-refractivity contribution in [1.82, 2.24) is 4.90 Å². The molecule has 1 aromatic rings. The highest BCUT2D eigenvalue weighted by Crippen LogP contribution is 2.20. The van der Waals surface area contributed by atoms with Gasteiger partial charge in [-0.25, -0.2) is 0 Å². The maximum absolute atomic E-state index is 12.3. The van der Waals surface area contributed by atoms with Crippen molar-refractivity contribution in [2.24, 2.45) is 5.92 Å². The van der Waals surface area contributed by atoms with Crippen LogP contribution in [0.3, 0.4) is 0 Å². The quantitative estimate of drug-likeness (QED) is 0.883. The van der Waals surface area contributed by atoms with Gasteiger partial charge in [-0.15, -0.1) is 0 Å². The summed E-state index contributed by atoms with van der Waals surface area (Å²) in [7, 11) is 0. The maximum atomic E-state index is 12.3. The molecule has 1 heterocycles. The molecule has 110 valence electrons. The van der Waals surface area contributed by atoms with Gasteiger partial charge in [0.05, 0.1) is 6.04 Å². The second-order valence-corrected chi connectivity index (χ2v) is 5.82. The van der Waals surface area contributed by atoms with E-state index in [1.165, 1.54) is 0 Å². The van der Waals surface area contributed by atoms with Crippen LogP contribution < -0.4 is 5.32 Å². The highest BCUT2D eigenvalue weighted by molar-refractivity contribution is 5.95. The van der Waals surface area contributed by atoms with Gasteiger partial charge in [0.25, 0.3) is 0 Å². The van der Waals surface area contributed by atoms with Crippen LogP contribution >= 0.6 is 0 Å². The molecule has 0 radical (unpaired) electrons. The maximum Gasteiger partial charge on any atom is 0.241 e. The number of rotatable bonds is 4. The first kappa shape index (κ1) is 15.0. The van der Waals surface area contributed by atoms with Crippen LogP contribution in [0.25, 0.3) is 0 Å². The van der Waals surface area contributed by atoms with Crippen molar-refractivity contribution in [2.75, 3.05) is 25.0 Å². The lowest BCUT2D eigenvalue weighted by molar-refractivity contribution is -0.120. The topological polar surface area (TPSA) is 52.6 Å². The standard InChI is InChI=1S/C16H24N2O2/c1-11-4-5-12(2)15(8-11)17-16(20)13(3)18-7-6-14(9-18)10-19/h4-5,8,13-14,19H,6-7,9-10H2,1-3H3,(H,17,20). The minimum Gasteiger partial charge on any atom is -0.396 e. The first-order valence-corrected chi connectivity index (χ1v) is 7.24. The molecular formula is C16H24N2O2. The van der Waals surface area contributed by atoms with Gasteiger partial charge in [0, 0.05) is 18.8 Å². The van der Waals surface area contributed by atoms with Crippen LogP contribution in [0.4, 0.5) is 5.69 Å². The van der Waals surface area contributed by atoms with E-state index < -0.39 is 0 Å². The summed E-state index contributed by atoms with van der Waals surface area (Å²) in [6.07, 6.45) is 0.970. The molecule has 1 aromatic carbocycles. The van der Waals surface area contributed by atoms with Gasteiger partial charge in [-0.1, -0.05) is 12.1 Å². The molecule has 0 spiro atoms. The summed E-state index contributed by atoms with van der Waals surface area (Å²) in [5, 5.41) is 12.2. The van der Waals surface area contributed by atoms with Crippen LogP contribution in [0, 0.1) is 19.8 Å². The smallest absolute Gasteiger partial charge is 0.241 e. The zero-order valence-corrected chi connectivity index (χ0v) is 12.5. The second kappa shape index (κ2) is 6.37. The molecule has 2 N–H and O–H groups in total. The Labute approximate surface area is 120 Å². The lowest BCUT2D eigenvalue weighted by atomic mass is 10.1. The Balaban J connectivity index is 1.99. The molecular weight excluding hydrogens is 252 g/mol. The molecule has 2 unspecified atom stereocenters. The van der Waals surface area contributed by atoms with E-state index in [1.54, 1.807) is 0 Å². The number of nitrogens with zero attached hydrogens (tertiary/aromatic N) is 1. The van der Waals surface area contributed by atoms with Crippen molar-refractivity contribution in [2.45, 2.75) is 33.2 Å². The van der Waals surface area contributed by atoms with Gasteiger partial charge < -0.3 is 10.4 Å². The number of nitrogens with one attached hydrogen (secondary N) is 1.